The minimum atomic E-state index is -0.452. The summed E-state index contributed by atoms with van der Waals surface area (Å²) in [6.07, 6.45) is 7.96. The van der Waals surface area contributed by atoms with E-state index in [9.17, 15) is 0 Å². The van der Waals surface area contributed by atoms with E-state index >= 15 is 0 Å². The van der Waals surface area contributed by atoms with Gasteiger partial charge in [-0.15, -0.1) is 10.2 Å². The molecule has 0 saturated carbocycles. The molecule has 2 saturated heterocycles. The lowest BCUT2D eigenvalue weighted by Crippen LogP contribution is -2.29. The number of nitrogens with two attached hydrogens (primary N) is 2. The number of aromatic nitrogens is 10. The smallest absolute Gasteiger partial charge is 0.0960 e. The molecule has 2 unspecified atom stereocenters. The molecule has 2 aliphatic heterocycles. The molecule has 0 radical (unpaired) electrons. The normalized spacial score (nSPS) is 16.0. The van der Waals surface area contributed by atoms with Gasteiger partial charge in [0.05, 0.1) is 68.0 Å². The molecule has 4 aromatic carbocycles. The maximum Gasteiger partial charge on any atom is 0.0960 e. The molecule has 8 heterocycles. The number of pyridine rings is 2. The van der Waals surface area contributed by atoms with Crippen LogP contribution in [0.15, 0.2) is 122 Å². The number of fused-ring (bicyclic) bond motifs is 6. The van der Waals surface area contributed by atoms with Crippen molar-refractivity contribution in [2.24, 2.45) is 37.4 Å². The van der Waals surface area contributed by atoms with Crippen molar-refractivity contribution < 1.29 is 9.47 Å². The molecule has 2 fully saturated rings. The summed E-state index contributed by atoms with van der Waals surface area (Å²) in [6, 6.07) is 39.7. The minimum Gasteiger partial charge on any atom is -0.381 e. The molecule has 10 aromatic rings. The van der Waals surface area contributed by atoms with Gasteiger partial charge < -0.3 is 30.1 Å². The summed E-state index contributed by atoms with van der Waals surface area (Å²) in [6.45, 7) is 15.4. The average molecular weight is 989 g/mol. The highest BCUT2D eigenvalue weighted by molar-refractivity contribution is 6.08. The third-order valence-corrected chi connectivity index (χ3v) is 15.6. The maximum atomic E-state index is 6.59. The number of hydrogen-bond acceptors (Lipinski definition) is 10. The molecule has 0 aliphatic carbocycles. The van der Waals surface area contributed by atoms with E-state index in [0.29, 0.717) is 11.8 Å². The molecular weight excluding hydrogens is 921 g/mol. The maximum absolute atomic E-state index is 6.59. The number of rotatable bonds is 10. The van der Waals surface area contributed by atoms with Crippen molar-refractivity contribution in [1.29, 1.82) is 0 Å². The molecule has 2 aliphatic rings. The van der Waals surface area contributed by atoms with E-state index in [1.54, 1.807) is 0 Å². The third-order valence-electron chi connectivity index (χ3n) is 15.6. The second-order valence-corrected chi connectivity index (χ2v) is 21.7. The lowest BCUT2D eigenvalue weighted by Gasteiger charge is -2.33. The summed E-state index contributed by atoms with van der Waals surface area (Å²) < 4.78 is 20.2. The molecule has 0 spiro atoms. The molecule has 2 atom stereocenters. The Hall–Kier alpha value is -7.10. The van der Waals surface area contributed by atoms with Crippen molar-refractivity contribution in [2.45, 2.75) is 90.4 Å². The first-order chi connectivity index (χ1) is 35.7. The third kappa shape index (κ3) is 9.07. The predicted octanol–water partition coefficient (Wildman–Crippen LogP) is 11.0. The van der Waals surface area contributed by atoms with Gasteiger partial charge in [-0.25, -0.2) is 9.36 Å². The van der Waals surface area contributed by atoms with Gasteiger partial charge in [-0.2, -0.15) is 0 Å². The van der Waals surface area contributed by atoms with Gasteiger partial charge in [0.25, 0.3) is 0 Å². The highest BCUT2D eigenvalue weighted by Crippen LogP contribution is 2.44. The Bertz CT molecular complexity index is 3340. The van der Waals surface area contributed by atoms with E-state index in [0.717, 1.165) is 141 Å². The summed E-state index contributed by atoms with van der Waals surface area (Å²) in [7, 11) is 3.86. The molecule has 0 amide bonds. The Kier molecular flexibility index (Phi) is 13.0. The Balaban J connectivity index is 0.000000159. The van der Waals surface area contributed by atoms with Crippen molar-refractivity contribution in [3.63, 3.8) is 0 Å². The van der Waals surface area contributed by atoms with Gasteiger partial charge in [-0.1, -0.05) is 95.4 Å². The van der Waals surface area contributed by atoms with Crippen LogP contribution in [0.5, 0.6) is 0 Å². The van der Waals surface area contributed by atoms with E-state index in [4.69, 9.17) is 30.9 Å². The van der Waals surface area contributed by atoms with Crippen LogP contribution in [0.25, 0.3) is 66.4 Å². The molecule has 14 nitrogen and oxygen atoms in total. The Labute approximate surface area is 432 Å². The standard InChI is InChI=1S/2C30H34N6O/c2*1-19-28(35(4)34-33-19)22-16-26-27(32-18-22)24-11-10-23(30(2,3)31)17-25(24)36(26)29(20-8-6-5-7-9-20)21-12-14-37-15-13-21/h2*5-11,16-18,21,29H,12-15,31H2,1-4H3. The van der Waals surface area contributed by atoms with E-state index in [1.807, 2.05) is 49.7 Å². The fraction of sp³-hybridized carbons (Fsp3) is 0.367. The summed E-state index contributed by atoms with van der Waals surface area (Å²) >= 11 is 0. The van der Waals surface area contributed by atoms with E-state index in [1.165, 1.54) is 11.1 Å². The van der Waals surface area contributed by atoms with Gasteiger partial charge in [0.2, 0.25) is 0 Å². The second kappa shape index (κ2) is 19.6. The van der Waals surface area contributed by atoms with Crippen LogP contribution >= 0.6 is 0 Å². The quantitative estimate of drug-likeness (QED) is 0.135. The average Bonchev–Trinajstić information content (AvgIpc) is 4.14. The number of nitrogens with zero attached hydrogens (tertiary/aromatic N) is 10. The number of hydrogen-bond donors (Lipinski definition) is 2. The van der Waals surface area contributed by atoms with Gasteiger partial charge in [-0.05, 0) is 126 Å². The van der Waals surface area contributed by atoms with Crippen molar-refractivity contribution in [3.8, 4) is 22.5 Å². The lowest BCUT2D eigenvalue weighted by molar-refractivity contribution is 0.0552. The summed E-state index contributed by atoms with van der Waals surface area (Å²) in [4.78, 5) is 10.1. The van der Waals surface area contributed by atoms with Gasteiger partial charge in [0, 0.05) is 85.9 Å². The first-order valence-corrected chi connectivity index (χ1v) is 26.1. The second-order valence-electron chi connectivity index (χ2n) is 21.7. The van der Waals surface area contributed by atoms with Crippen LogP contribution < -0.4 is 11.5 Å². The van der Waals surface area contributed by atoms with E-state index in [-0.39, 0.29) is 12.1 Å². The molecule has 6 aromatic heterocycles. The number of aryl methyl sites for hydroxylation is 4. The molecule has 12 rings (SSSR count). The molecule has 380 valence electrons. The van der Waals surface area contributed by atoms with Crippen molar-refractivity contribution in [3.05, 3.63) is 155 Å². The van der Waals surface area contributed by atoms with Crippen LogP contribution in [-0.4, -0.2) is 75.5 Å². The fourth-order valence-electron chi connectivity index (χ4n) is 11.8. The zero-order valence-electron chi connectivity index (χ0n) is 44.0. The Morgan fingerprint density at radius 1 is 0.514 bits per heavy atom. The molecule has 74 heavy (non-hydrogen) atoms. The zero-order chi connectivity index (χ0) is 51.5. The Morgan fingerprint density at radius 3 is 1.23 bits per heavy atom. The van der Waals surface area contributed by atoms with Crippen molar-refractivity contribution >= 4 is 43.9 Å². The van der Waals surface area contributed by atoms with E-state index in [2.05, 4.69) is 167 Å². The van der Waals surface area contributed by atoms with Crippen LogP contribution in [0.4, 0.5) is 0 Å². The van der Waals surface area contributed by atoms with Crippen LogP contribution in [0, 0.1) is 25.7 Å². The Morgan fingerprint density at radius 2 is 0.892 bits per heavy atom. The van der Waals surface area contributed by atoms with Gasteiger partial charge in [0.15, 0.2) is 0 Å². The van der Waals surface area contributed by atoms with Gasteiger partial charge in [0.1, 0.15) is 0 Å². The summed E-state index contributed by atoms with van der Waals surface area (Å²) in [5, 5.41) is 19.3. The first-order valence-electron chi connectivity index (χ1n) is 26.1. The summed E-state index contributed by atoms with van der Waals surface area (Å²) in [5.74, 6) is 0.876. The monoisotopic (exact) mass is 989 g/mol. The van der Waals surface area contributed by atoms with Gasteiger partial charge in [-0.3, -0.25) is 9.97 Å². The topological polar surface area (TPSA) is 168 Å². The number of ether oxygens (including phenoxy) is 2. The van der Waals surface area contributed by atoms with Crippen LogP contribution in [-0.2, 0) is 34.6 Å². The van der Waals surface area contributed by atoms with Crippen molar-refractivity contribution in [2.75, 3.05) is 26.4 Å². The van der Waals surface area contributed by atoms with Crippen LogP contribution in [0.1, 0.15) is 99.1 Å². The molecule has 4 N–H and O–H groups in total. The zero-order valence-corrected chi connectivity index (χ0v) is 44.0. The fourth-order valence-corrected chi connectivity index (χ4v) is 11.8. The largest absolute Gasteiger partial charge is 0.381 e. The lowest BCUT2D eigenvalue weighted by atomic mass is 9.86. The predicted molar refractivity (Wildman–Crippen MR) is 295 cm³/mol. The minimum absolute atomic E-state index is 0.143. The SMILES string of the molecule is Cc1nnn(C)c1-c1cnc2c3ccc(C(C)(C)N)cc3n(C(c3ccccc3)C3CCOCC3)c2c1.Cc1nnn(C)c1-c1cnc2c3ccc(C(C)(C)N)cc3n(C(c3ccccc3)C3CCOCC3)c2c1. The number of benzene rings is 4. The van der Waals surface area contributed by atoms with Gasteiger partial charge >= 0.3 is 0 Å². The highest BCUT2D eigenvalue weighted by atomic mass is 16.5. The first kappa shape index (κ1) is 49.1. The summed E-state index contributed by atoms with van der Waals surface area (Å²) in [5.41, 5.74) is 29.4. The van der Waals surface area contributed by atoms with Crippen molar-refractivity contribution in [1.82, 2.24) is 49.1 Å². The molecule has 14 heteroatoms. The van der Waals surface area contributed by atoms with E-state index < -0.39 is 11.1 Å². The van der Waals surface area contributed by atoms with Crippen LogP contribution in [0.2, 0.25) is 0 Å². The van der Waals surface area contributed by atoms with Crippen LogP contribution in [0.3, 0.4) is 0 Å². The molecule has 0 bridgehead atoms. The highest BCUT2D eigenvalue weighted by Gasteiger charge is 2.33. The molecular formula is C60H68N12O2.